The van der Waals surface area contributed by atoms with Gasteiger partial charge in [-0.25, -0.2) is 0 Å². The van der Waals surface area contributed by atoms with E-state index in [1.807, 2.05) is 0 Å². The molecule has 0 aromatic rings. The van der Waals surface area contributed by atoms with E-state index in [0.29, 0.717) is 5.04 Å². The highest BCUT2D eigenvalue weighted by Crippen LogP contribution is 2.41. The van der Waals surface area contributed by atoms with Gasteiger partial charge in [-0.15, -0.1) is 0 Å². The largest absolute Gasteiger partial charge is 0.400 e. The van der Waals surface area contributed by atoms with Crippen molar-refractivity contribution in [2.24, 2.45) is 0 Å². The third-order valence-electron chi connectivity index (χ3n) is 7.49. The SMILES string of the molecule is CO[SiH](CCCCCCC([SiH3])(CCCCCC[SiH](OC)OC)CCCCCC[SiH](OC)OC)OC. The van der Waals surface area contributed by atoms with E-state index in [1.54, 1.807) is 42.7 Å². The molecule has 6 nitrogen and oxygen atoms in total. The van der Waals surface area contributed by atoms with Crippen molar-refractivity contribution in [3.63, 3.8) is 0 Å². The van der Waals surface area contributed by atoms with E-state index >= 15 is 0 Å². The first-order valence-corrected chi connectivity index (χ1v) is 20.4. The Hall–Kier alpha value is 0.628. The lowest BCUT2D eigenvalue weighted by Crippen LogP contribution is -2.18. The zero-order valence-electron chi connectivity index (χ0n) is 24.4. The van der Waals surface area contributed by atoms with Crippen molar-refractivity contribution in [3.8, 4) is 0 Å². The number of rotatable bonds is 27. The average Bonchev–Trinajstić information content (AvgIpc) is 2.87. The van der Waals surface area contributed by atoms with Gasteiger partial charge in [-0.05, 0) is 23.2 Å². The Labute approximate surface area is 226 Å². The molecule has 0 bridgehead atoms. The molecule has 0 aromatic carbocycles. The Morgan fingerprint density at radius 3 is 0.857 bits per heavy atom. The molecule has 0 radical (unpaired) electrons. The molecular weight excluding hydrogens is 509 g/mol. The van der Waals surface area contributed by atoms with Crippen molar-refractivity contribution in [1.29, 1.82) is 0 Å². The second kappa shape index (κ2) is 24.9. The molecule has 0 aromatic heterocycles. The van der Waals surface area contributed by atoms with Crippen LogP contribution in [0.2, 0.25) is 23.2 Å². The predicted octanol–water partition coefficient (Wildman–Crippen LogP) is 4.90. The van der Waals surface area contributed by atoms with Crippen LogP contribution in [0.4, 0.5) is 0 Å². The molecule has 0 fully saturated rings. The van der Waals surface area contributed by atoms with Crippen LogP contribution < -0.4 is 0 Å². The van der Waals surface area contributed by atoms with Crippen molar-refractivity contribution >= 4 is 38.1 Å². The molecule has 0 aliphatic heterocycles. The zero-order valence-corrected chi connectivity index (χ0v) is 29.9. The van der Waals surface area contributed by atoms with Crippen LogP contribution in [-0.4, -0.2) is 80.8 Å². The predicted molar refractivity (Wildman–Crippen MR) is 160 cm³/mol. The third kappa shape index (κ3) is 20.3. The van der Waals surface area contributed by atoms with Crippen molar-refractivity contribution in [2.75, 3.05) is 42.7 Å². The quantitative estimate of drug-likeness (QED) is 0.104. The van der Waals surface area contributed by atoms with E-state index in [9.17, 15) is 0 Å². The molecule has 212 valence electrons. The van der Waals surface area contributed by atoms with Crippen LogP contribution in [0.3, 0.4) is 0 Å². The molecule has 0 aliphatic carbocycles. The Morgan fingerprint density at radius 2 is 0.629 bits per heavy atom. The second-order valence-corrected chi connectivity index (χ2v) is 19.6. The van der Waals surface area contributed by atoms with Crippen LogP contribution in [-0.2, 0) is 26.6 Å². The maximum atomic E-state index is 5.45. The van der Waals surface area contributed by atoms with Crippen LogP contribution in [0.1, 0.15) is 96.3 Å². The molecule has 10 heteroatoms. The summed E-state index contributed by atoms with van der Waals surface area (Å²) in [5.74, 6) is 0. The maximum Gasteiger partial charge on any atom is 0.320 e. The summed E-state index contributed by atoms with van der Waals surface area (Å²) in [5.41, 5.74) is 0. The molecule has 0 saturated heterocycles. The zero-order chi connectivity index (χ0) is 26.2. The summed E-state index contributed by atoms with van der Waals surface area (Å²) in [6, 6.07) is 3.43. The first kappa shape index (κ1) is 35.6. The second-order valence-electron chi connectivity index (χ2n) is 10.4. The maximum absolute atomic E-state index is 5.45. The molecule has 0 amide bonds. The molecule has 0 heterocycles. The topological polar surface area (TPSA) is 55.4 Å². The van der Waals surface area contributed by atoms with E-state index in [1.165, 1.54) is 107 Å². The van der Waals surface area contributed by atoms with Gasteiger partial charge in [-0.1, -0.05) is 96.3 Å². The number of hydrogen-bond acceptors (Lipinski definition) is 6. The van der Waals surface area contributed by atoms with Gasteiger partial charge in [0.05, 0.1) is 0 Å². The molecule has 0 saturated carbocycles. The molecule has 0 spiro atoms. The van der Waals surface area contributed by atoms with Gasteiger partial charge in [0.2, 0.25) is 0 Å². The van der Waals surface area contributed by atoms with Crippen LogP contribution in [0.25, 0.3) is 0 Å². The summed E-state index contributed by atoms with van der Waals surface area (Å²) < 4.78 is 32.7. The lowest BCUT2D eigenvalue weighted by molar-refractivity contribution is 0.276. The van der Waals surface area contributed by atoms with E-state index in [2.05, 4.69) is 0 Å². The smallest absolute Gasteiger partial charge is 0.320 e. The minimum Gasteiger partial charge on any atom is -0.400 e. The van der Waals surface area contributed by atoms with Crippen LogP contribution in [0.5, 0.6) is 0 Å². The van der Waals surface area contributed by atoms with Gasteiger partial charge in [0.1, 0.15) is 0 Å². The highest BCUT2D eigenvalue weighted by Gasteiger charge is 2.23. The van der Waals surface area contributed by atoms with Crippen molar-refractivity contribution < 1.29 is 26.6 Å². The van der Waals surface area contributed by atoms with Crippen LogP contribution >= 0.6 is 0 Å². The standard InChI is InChI=1S/C25H60O6Si4/c1-26-33(27-2)22-16-10-7-13-19-25(32,20-14-8-11-17-23-34(28-3)29-4)21-15-9-12-18-24-35(30-5)31-6/h33-35H,7-24H2,1-6,32H3. The molecule has 0 rings (SSSR count). The van der Waals surface area contributed by atoms with Gasteiger partial charge < -0.3 is 26.6 Å². The molecular formula is C25H60O6Si4. The Bertz CT molecular complexity index is 378. The monoisotopic (exact) mass is 568 g/mol. The van der Waals surface area contributed by atoms with E-state index in [0.717, 1.165) is 18.1 Å². The minimum absolute atomic E-state index is 0.628. The fourth-order valence-corrected chi connectivity index (χ4v) is 9.94. The van der Waals surface area contributed by atoms with Gasteiger partial charge in [-0.3, -0.25) is 0 Å². The van der Waals surface area contributed by atoms with Crippen molar-refractivity contribution in [2.45, 2.75) is 119 Å². The molecule has 0 unspecified atom stereocenters. The van der Waals surface area contributed by atoms with Gasteiger partial charge in [0.25, 0.3) is 0 Å². The van der Waals surface area contributed by atoms with Crippen LogP contribution in [0, 0.1) is 0 Å². The third-order valence-corrected chi connectivity index (χ3v) is 14.8. The molecule has 0 atom stereocenters. The fraction of sp³-hybridized carbons (Fsp3) is 1.00. The lowest BCUT2D eigenvalue weighted by atomic mass is 9.88. The van der Waals surface area contributed by atoms with Crippen molar-refractivity contribution in [3.05, 3.63) is 0 Å². The summed E-state index contributed by atoms with van der Waals surface area (Å²) in [5, 5.41) is 0.628. The van der Waals surface area contributed by atoms with Gasteiger partial charge >= 0.3 is 27.9 Å². The summed E-state index contributed by atoms with van der Waals surface area (Å²) in [6.45, 7) is 0. The summed E-state index contributed by atoms with van der Waals surface area (Å²) in [4.78, 5) is 0. The highest BCUT2D eigenvalue weighted by molar-refractivity contribution is 6.44. The van der Waals surface area contributed by atoms with Gasteiger partial charge in [0.15, 0.2) is 0 Å². The van der Waals surface area contributed by atoms with Crippen molar-refractivity contribution in [1.82, 2.24) is 0 Å². The first-order chi connectivity index (χ1) is 17.0. The minimum atomic E-state index is -1.37. The van der Waals surface area contributed by atoms with E-state index in [-0.39, 0.29) is 0 Å². The first-order valence-electron chi connectivity index (χ1n) is 14.1. The van der Waals surface area contributed by atoms with E-state index in [4.69, 9.17) is 26.6 Å². The molecule has 0 N–H and O–H groups in total. The van der Waals surface area contributed by atoms with Crippen LogP contribution in [0.15, 0.2) is 0 Å². The molecule has 0 aliphatic rings. The highest BCUT2D eigenvalue weighted by atomic mass is 28.3. The van der Waals surface area contributed by atoms with Gasteiger partial charge in [-0.2, -0.15) is 0 Å². The fourth-order valence-electron chi connectivity index (χ4n) is 5.02. The average molecular weight is 569 g/mol. The lowest BCUT2D eigenvalue weighted by Gasteiger charge is -2.30. The Morgan fingerprint density at radius 1 is 0.400 bits per heavy atom. The summed E-state index contributed by atoms with van der Waals surface area (Å²) in [6.07, 6.45) is 20.3. The summed E-state index contributed by atoms with van der Waals surface area (Å²) >= 11 is 0. The Balaban J connectivity index is 4.31. The summed E-state index contributed by atoms with van der Waals surface area (Å²) in [7, 11) is 7.97. The number of unbranched alkanes of at least 4 members (excludes halogenated alkanes) is 9. The number of hydrogen-bond donors (Lipinski definition) is 0. The Kier molecular flexibility index (Phi) is 25.4. The van der Waals surface area contributed by atoms with Gasteiger partial charge in [0, 0.05) is 52.9 Å². The normalized spacial score (nSPS) is 12.6. The molecule has 35 heavy (non-hydrogen) atoms. The van der Waals surface area contributed by atoms with E-state index < -0.39 is 27.9 Å².